The number of fused-ring (bicyclic) bond motifs is 1. The topological polar surface area (TPSA) is 266 Å². The van der Waals surface area contributed by atoms with Crippen LogP contribution in [0.2, 0.25) is 0 Å². The Hall–Kier alpha value is -4.33. The van der Waals surface area contributed by atoms with Gasteiger partial charge in [0.05, 0.1) is 12.0 Å². The maximum Gasteiger partial charge on any atom is 0.362 e. The van der Waals surface area contributed by atoms with E-state index in [-0.39, 0.29) is 15.1 Å². The number of amides is 1. The van der Waals surface area contributed by atoms with Crippen LogP contribution in [-0.4, -0.2) is 93.4 Å². The Morgan fingerprint density at radius 3 is 2.61 bits per heavy atom. The van der Waals surface area contributed by atoms with Gasteiger partial charge >= 0.3 is 16.3 Å². The average Bonchev–Trinajstić information content (AvgIpc) is 3.58. The maximum atomic E-state index is 13.1. The van der Waals surface area contributed by atoms with Crippen molar-refractivity contribution in [3.8, 4) is 5.75 Å². The zero-order chi connectivity index (χ0) is 32.2. The number of nitrogens with two attached hydrogens (primary N) is 3. The van der Waals surface area contributed by atoms with E-state index in [4.69, 9.17) is 26.8 Å². The molecule has 19 heteroatoms. The van der Waals surface area contributed by atoms with Crippen LogP contribution >= 0.6 is 11.3 Å². The standard InChI is InChI=1S/C25H32N8O9S2/c1-13-17(22(35)33(13)44(38,39)40)8-19(34)21(18-12-43-25(28)30-18)31-42-20(23(36)37)11-41-16-4-3-14-9-32(10-15(14)7-16)24(27)29-6-2-5-26/h3-4,7,12-13,17,20H,2,5-6,8-11,26H2,1H3,(H2,27,29)(H2,28,30)(H,36,37)(H,38,39,40)/b31-21-/t13-,17-,20-/m0/s1. The summed E-state index contributed by atoms with van der Waals surface area (Å²) >= 11 is 0.984. The van der Waals surface area contributed by atoms with Crippen molar-refractivity contribution in [2.45, 2.75) is 45.0 Å². The molecule has 1 amide bonds. The normalized spacial score (nSPS) is 19.4. The summed E-state index contributed by atoms with van der Waals surface area (Å²) in [5.41, 5.74) is 18.8. The van der Waals surface area contributed by atoms with Gasteiger partial charge in [0.25, 0.3) is 6.10 Å². The highest BCUT2D eigenvalue weighted by molar-refractivity contribution is 7.84. The summed E-state index contributed by atoms with van der Waals surface area (Å²) in [4.78, 5) is 52.8. The van der Waals surface area contributed by atoms with Crippen molar-refractivity contribution in [1.82, 2.24) is 14.2 Å². The van der Waals surface area contributed by atoms with Crippen LogP contribution in [0.1, 0.15) is 36.6 Å². The largest absolute Gasteiger partial charge is 0.489 e. The van der Waals surface area contributed by atoms with E-state index in [1.807, 2.05) is 11.0 Å². The molecule has 17 nitrogen and oxygen atoms in total. The van der Waals surface area contributed by atoms with Gasteiger partial charge in [-0.05, 0) is 43.1 Å². The lowest BCUT2D eigenvalue weighted by atomic mass is 9.86. The van der Waals surface area contributed by atoms with Gasteiger partial charge in [-0.1, -0.05) is 11.2 Å². The lowest BCUT2D eigenvalue weighted by Gasteiger charge is -2.41. The summed E-state index contributed by atoms with van der Waals surface area (Å²) in [6.45, 7) is 2.95. The number of aliphatic imine (C=N–C) groups is 1. The van der Waals surface area contributed by atoms with Crippen LogP contribution in [0.3, 0.4) is 0 Å². The van der Waals surface area contributed by atoms with Gasteiger partial charge in [0.15, 0.2) is 22.6 Å². The third kappa shape index (κ3) is 7.41. The number of aliphatic carboxylic acids is 1. The Bertz CT molecular complexity index is 1590. The molecular formula is C25H32N8O9S2. The molecule has 238 valence electrons. The molecule has 2 aromatic rings. The van der Waals surface area contributed by atoms with E-state index < -0.39 is 64.8 Å². The number of benzene rings is 1. The number of guanidine groups is 1. The van der Waals surface area contributed by atoms with Gasteiger partial charge in [-0.25, -0.2) is 14.1 Å². The highest BCUT2D eigenvalue weighted by Gasteiger charge is 2.51. The number of carbonyl (C=O) groups excluding carboxylic acids is 2. The van der Waals surface area contributed by atoms with E-state index in [0.717, 1.165) is 28.9 Å². The Labute approximate surface area is 256 Å². The number of nitrogen functional groups attached to an aromatic ring is 1. The van der Waals surface area contributed by atoms with Crippen LogP contribution in [0.4, 0.5) is 5.13 Å². The SMILES string of the molecule is C[C@H]1[C@H](CC(=O)/C(=N\O[C@@H](COc2ccc3c(c2)CN(C(N)=NCCCN)C3)C(=O)O)c2csc(N)n2)C(=O)N1S(=O)(=O)O. The second-order valence-electron chi connectivity index (χ2n) is 10.0. The molecule has 0 unspecified atom stereocenters. The van der Waals surface area contributed by atoms with Crippen LogP contribution in [0.5, 0.6) is 5.75 Å². The van der Waals surface area contributed by atoms with Crippen LogP contribution < -0.4 is 21.9 Å². The Morgan fingerprint density at radius 1 is 1.27 bits per heavy atom. The third-order valence-electron chi connectivity index (χ3n) is 6.98. The summed E-state index contributed by atoms with van der Waals surface area (Å²) in [5, 5.41) is 14.9. The van der Waals surface area contributed by atoms with Gasteiger partial charge in [-0.3, -0.25) is 19.1 Å². The monoisotopic (exact) mass is 652 g/mol. The molecule has 2 aliphatic heterocycles. The predicted molar refractivity (Wildman–Crippen MR) is 158 cm³/mol. The maximum absolute atomic E-state index is 13.1. The first-order chi connectivity index (χ1) is 20.8. The summed E-state index contributed by atoms with van der Waals surface area (Å²) in [6, 6.07) is 4.27. The second kappa shape index (κ2) is 13.5. The number of ketones is 1. The van der Waals surface area contributed by atoms with E-state index >= 15 is 0 Å². The van der Waals surface area contributed by atoms with Crippen molar-refractivity contribution < 1.29 is 42.0 Å². The number of nitrogens with zero attached hydrogens (tertiary/aromatic N) is 5. The lowest BCUT2D eigenvalue weighted by molar-refractivity contribution is -0.152. The van der Waals surface area contributed by atoms with Crippen LogP contribution in [-0.2, 0) is 42.6 Å². The highest BCUT2D eigenvalue weighted by Crippen LogP contribution is 2.32. The van der Waals surface area contributed by atoms with Crippen molar-refractivity contribution >= 4 is 56.1 Å². The number of rotatable bonds is 14. The molecule has 0 bridgehead atoms. The van der Waals surface area contributed by atoms with E-state index in [1.165, 1.54) is 12.3 Å². The predicted octanol–water partition coefficient (Wildman–Crippen LogP) is -0.434. The van der Waals surface area contributed by atoms with Gasteiger partial charge in [0.1, 0.15) is 18.1 Å². The number of Topliss-reactive ketones (excluding diaryl/α,β-unsaturated/α-hetero) is 1. The van der Waals surface area contributed by atoms with Gasteiger partial charge in [-0.2, -0.15) is 8.42 Å². The number of hydrogen-bond donors (Lipinski definition) is 5. The van der Waals surface area contributed by atoms with Gasteiger partial charge < -0.3 is 36.8 Å². The molecule has 1 saturated heterocycles. The first-order valence-electron chi connectivity index (χ1n) is 13.3. The number of hydrogen-bond acceptors (Lipinski definition) is 13. The molecule has 1 aromatic heterocycles. The molecule has 0 spiro atoms. The number of oxime groups is 1. The zero-order valence-electron chi connectivity index (χ0n) is 23.5. The summed E-state index contributed by atoms with van der Waals surface area (Å²) < 4.78 is 37.9. The summed E-state index contributed by atoms with van der Waals surface area (Å²) in [5.74, 6) is -3.50. The van der Waals surface area contributed by atoms with Gasteiger partial charge in [-0.15, -0.1) is 11.3 Å². The molecular weight excluding hydrogens is 620 g/mol. The number of thiazole rings is 1. The minimum Gasteiger partial charge on any atom is -0.489 e. The number of anilines is 1. The number of β-lactam (4-membered cyclic amide) rings is 1. The molecule has 3 heterocycles. The fraction of sp³-hybridized carbons (Fsp3) is 0.440. The molecule has 2 aliphatic rings. The first-order valence-corrected chi connectivity index (χ1v) is 15.6. The molecule has 0 aliphatic carbocycles. The van der Waals surface area contributed by atoms with Crippen molar-refractivity contribution in [2.24, 2.45) is 27.5 Å². The van der Waals surface area contributed by atoms with E-state index in [2.05, 4.69) is 15.1 Å². The van der Waals surface area contributed by atoms with Gasteiger partial charge in [0.2, 0.25) is 5.91 Å². The molecule has 3 atom stereocenters. The van der Waals surface area contributed by atoms with Crippen LogP contribution in [0.15, 0.2) is 33.7 Å². The Morgan fingerprint density at radius 2 is 2.00 bits per heavy atom. The number of carboxylic acid groups (broad SMARTS) is 1. The quantitative estimate of drug-likeness (QED) is 0.0433. The molecule has 0 saturated carbocycles. The van der Waals surface area contributed by atoms with Crippen LogP contribution in [0, 0.1) is 5.92 Å². The van der Waals surface area contributed by atoms with E-state index in [9.17, 15) is 32.5 Å². The van der Waals surface area contributed by atoms with E-state index in [1.54, 1.807) is 12.1 Å². The third-order valence-corrected chi connectivity index (χ3v) is 8.66. The number of aromatic nitrogens is 1. The molecule has 1 fully saturated rings. The lowest BCUT2D eigenvalue weighted by Crippen LogP contribution is -2.62. The molecule has 0 radical (unpaired) electrons. The van der Waals surface area contributed by atoms with Gasteiger partial charge in [0, 0.05) is 31.4 Å². The molecule has 8 N–H and O–H groups in total. The number of carboxylic acids is 1. The summed E-state index contributed by atoms with van der Waals surface area (Å²) in [6.07, 6.45) is -1.43. The minimum absolute atomic E-state index is 0.0253. The highest BCUT2D eigenvalue weighted by atomic mass is 32.2. The number of ether oxygens (including phenoxy) is 1. The molecule has 4 rings (SSSR count). The van der Waals surface area contributed by atoms with Crippen LogP contribution in [0.25, 0.3) is 0 Å². The zero-order valence-corrected chi connectivity index (χ0v) is 25.2. The second-order valence-corrected chi connectivity index (χ2v) is 12.2. The molecule has 1 aromatic carbocycles. The van der Waals surface area contributed by atoms with Crippen molar-refractivity contribution in [1.29, 1.82) is 0 Å². The first kappa shape index (κ1) is 32.6. The summed E-state index contributed by atoms with van der Waals surface area (Å²) in [7, 11) is -4.78. The fourth-order valence-corrected chi connectivity index (χ4v) is 6.09. The Kier molecular flexibility index (Phi) is 10.0. The van der Waals surface area contributed by atoms with Crippen molar-refractivity contribution in [3.05, 3.63) is 40.4 Å². The number of carbonyl (C=O) groups is 3. The van der Waals surface area contributed by atoms with Crippen molar-refractivity contribution in [2.75, 3.05) is 25.4 Å². The molecule has 44 heavy (non-hydrogen) atoms. The fourth-order valence-electron chi connectivity index (χ4n) is 4.61. The van der Waals surface area contributed by atoms with E-state index in [0.29, 0.717) is 37.9 Å². The Balaban J connectivity index is 1.43. The average molecular weight is 653 g/mol. The smallest absolute Gasteiger partial charge is 0.362 e. The minimum atomic E-state index is -4.78. The van der Waals surface area contributed by atoms with Crippen molar-refractivity contribution in [3.63, 3.8) is 0 Å².